The van der Waals surface area contributed by atoms with Crippen LogP contribution in [0.1, 0.15) is 82.7 Å². The molecule has 0 aromatic carbocycles. The highest BCUT2D eigenvalue weighted by Crippen LogP contribution is 2.34. The average molecular weight is 743 g/mol. The number of halogens is 3. The summed E-state index contributed by atoms with van der Waals surface area (Å²) in [5.74, 6) is -2.08. The first-order chi connectivity index (χ1) is 24.1. The van der Waals surface area contributed by atoms with Crippen molar-refractivity contribution in [2.75, 3.05) is 7.11 Å². The minimum Gasteiger partial charge on any atom is -0.494 e. The summed E-state index contributed by atoms with van der Waals surface area (Å²) in [5.41, 5.74) is 1.16. The van der Waals surface area contributed by atoms with Crippen molar-refractivity contribution in [1.82, 2.24) is 24.4 Å². The predicted molar refractivity (Wildman–Crippen MR) is 180 cm³/mol. The maximum absolute atomic E-state index is 13.9. The van der Waals surface area contributed by atoms with Crippen LogP contribution in [0, 0.1) is 6.92 Å². The summed E-state index contributed by atoms with van der Waals surface area (Å²) < 4.78 is 43.8. The number of fused-ring (bicyclic) bond motifs is 1. The molecule has 0 unspecified atom stereocenters. The lowest BCUT2D eigenvalue weighted by atomic mass is 10.0. The summed E-state index contributed by atoms with van der Waals surface area (Å²) in [7, 11) is 1.46. The van der Waals surface area contributed by atoms with Gasteiger partial charge in [-0.1, -0.05) is 22.9 Å². The molecule has 0 radical (unpaired) electrons. The Morgan fingerprint density at radius 1 is 1.00 bits per heavy atom. The largest absolute Gasteiger partial charge is 0.494 e. The Morgan fingerprint density at radius 3 is 2.41 bits per heavy atom. The van der Waals surface area contributed by atoms with Crippen LogP contribution in [-0.4, -0.2) is 60.9 Å². The maximum atomic E-state index is 13.9. The van der Waals surface area contributed by atoms with E-state index >= 15 is 0 Å². The fourth-order valence-corrected chi connectivity index (χ4v) is 6.37. The third kappa shape index (κ3) is 8.99. The van der Waals surface area contributed by atoms with Crippen molar-refractivity contribution in [2.24, 2.45) is 4.99 Å². The maximum Gasteiger partial charge on any atom is 0.308 e. The summed E-state index contributed by atoms with van der Waals surface area (Å²) in [6, 6.07) is 5.62. The summed E-state index contributed by atoms with van der Waals surface area (Å²) in [5, 5.41) is 0.177. The Bertz CT molecular complexity index is 2060. The van der Waals surface area contributed by atoms with E-state index in [-0.39, 0.29) is 59.4 Å². The quantitative estimate of drug-likeness (QED) is 0.143. The average Bonchev–Trinajstić information content (AvgIpc) is 3.63. The van der Waals surface area contributed by atoms with E-state index in [1.165, 1.54) is 35.0 Å². The third-order valence-electron chi connectivity index (χ3n) is 7.43. The van der Waals surface area contributed by atoms with E-state index in [1.54, 1.807) is 39.8 Å². The summed E-state index contributed by atoms with van der Waals surface area (Å²) >= 11 is 7.29. The molecular weight excluding hydrogens is 710 g/mol. The number of methoxy groups -OCH3 is 1. The third-order valence-corrected chi connectivity index (χ3v) is 8.75. The number of pyridine rings is 3. The minimum atomic E-state index is -2.73. The number of nitrogens with zero attached hydrogens (tertiary/aromatic N) is 6. The van der Waals surface area contributed by atoms with Gasteiger partial charge in [0.1, 0.15) is 22.2 Å². The molecule has 13 nitrogen and oxygen atoms in total. The highest BCUT2D eigenvalue weighted by atomic mass is 35.5. The van der Waals surface area contributed by atoms with Crippen LogP contribution in [0.3, 0.4) is 0 Å². The van der Waals surface area contributed by atoms with Gasteiger partial charge in [0, 0.05) is 39.7 Å². The van der Waals surface area contributed by atoms with Gasteiger partial charge in [0.15, 0.2) is 11.5 Å². The molecule has 51 heavy (non-hydrogen) atoms. The topological polar surface area (TPSA) is 155 Å². The number of aryl methyl sites for hydroxylation is 1. The van der Waals surface area contributed by atoms with Crippen molar-refractivity contribution < 1.29 is 42.2 Å². The number of carbonyl (C=O) groups is 4. The lowest BCUT2D eigenvalue weighted by Crippen LogP contribution is -2.29. The number of esters is 2. The Kier molecular flexibility index (Phi) is 11.2. The number of hydrogen-bond acceptors (Lipinski definition) is 11. The van der Waals surface area contributed by atoms with E-state index in [0.29, 0.717) is 33.1 Å². The molecule has 0 saturated heterocycles. The number of carbonyl (C=O) groups excluding carboxylic acids is 4. The Hall–Kier alpha value is -5.09. The molecule has 5 rings (SSSR count). The highest BCUT2D eigenvalue weighted by molar-refractivity contribution is 7.09. The molecule has 1 aliphatic heterocycles. The number of aromatic nitrogens is 4. The van der Waals surface area contributed by atoms with Crippen molar-refractivity contribution >= 4 is 46.7 Å². The normalized spacial score (nSPS) is 13.0. The molecule has 0 saturated carbocycles. The lowest BCUT2D eigenvalue weighted by molar-refractivity contribution is -0.159. The van der Waals surface area contributed by atoms with Crippen LogP contribution in [-0.2, 0) is 38.9 Å². The number of rotatable bonds is 10. The SMILES string of the molecule is COc1cnc(Cl)cc1-c1cc(C)ncc1C(=O)N=c1sc2c(n1COC(=O)CCC(=O)OC(C)(C)C)CN(C(=O)c1ccc(C(F)F)cn1)C2. The van der Waals surface area contributed by atoms with Crippen LogP contribution in [0.15, 0.2) is 47.8 Å². The first-order valence-corrected chi connectivity index (χ1v) is 16.7. The van der Waals surface area contributed by atoms with Gasteiger partial charge >= 0.3 is 11.9 Å². The molecule has 4 aromatic heterocycles. The Labute approximate surface area is 299 Å². The van der Waals surface area contributed by atoms with Crippen molar-refractivity contribution in [3.63, 3.8) is 0 Å². The van der Waals surface area contributed by atoms with Gasteiger partial charge in [0.25, 0.3) is 18.2 Å². The number of thiazole rings is 1. The van der Waals surface area contributed by atoms with Crippen LogP contribution >= 0.6 is 22.9 Å². The van der Waals surface area contributed by atoms with Gasteiger partial charge in [0.2, 0.25) is 0 Å². The second-order valence-electron chi connectivity index (χ2n) is 12.3. The zero-order valence-electron chi connectivity index (χ0n) is 28.2. The van der Waals surface area contributed by atoms with E-state index in [4.69, 9.17) is 25.8 Å². The number of alkyl halides is 2. The second kappa shape index (κ2) is 15.4. The molecular formula is C34H33ClF2N6O7S. The molecule has 4 aromatic rings. The smallest absolute Gasteiger partial charge is 0.308 e. The van der Waals surface area contributed by atoms with Gasteiger partial charge in [-0.3, -0.25) is 33.7 Å². The Morgan fingerprint density at radius 2 is 1.75 bits per heavy atom. The Balaban J connectivity index is 1.46. The van der Waals surface area contributed by atoms with Crippen molar-refractivity contribution in [2.45, 2.75) is 72.4 Å². The van der Waals surface area contributed by atoms with Gasteiger partial charge in [-0.05, 0) is 52.0 Å². The molecule has 0 atom stereocenters. The van der Waals surface area contributed by atoms with Crippen molar-refractivity contribution in [1.29, 1.82) is 0 Å². The molecule has 2 amide bonds. The molecule has 5 heterocycles. The number of hydrogen-bond donors (Lipinski definition) is 0. The second-order valence-corrected chi connectivity index (χ2v) is 13.8. The van der Waals surface area contributed by atoms with Gasteiger partial charge in [-0.25, -0.2) is 13.8 Å². The molecule has 0 aliphatic carbocycles. The molecule has 0 spiro atoms. The minimum absolute atomic E-state index is 0.0200. The van der Waals surface area contributed by atoms with Crippen LogP contribution in [0.4, 0.5) is 8.78 Å². The summed E-state index contributed by atoms with van der Waals surface area (Å²) in [4.78, 5) is 70.9. The van der Waals surface area contributed by atoms with Gasteiger partial charge in [0.05, 0.1) is 50.5 Å². The number of ether oxygens (including phenoxy) is 3. The zero-order chi connectivity index (χ0) is 37.0. The van der Waals surface area contributed by atoms with E-state index < -0.39 is 35.8 Å². The summed E-state index contributed by atoms with van der Waals surface area (Å²) in [6.45, 7) is 6.62. The van der Waals surface area contributed by atoms with Crippen molar-refractivity contribution in [3.8, 4) is 16.9 Å². The summed E-state index contributed by atoms with van der Waals surface area (Å²) in [6.07, 6.45) is 0.582. The van der Waals surface area contributed by atoms with Crippen LogP contribution < -0.4 is 9.54 Å². The van der Waals surface area contributed by atoms with E-state index in [9.17, 15) is 28.0 Å². The van der Waals surface area contributed by atoms with E-state index in [0.717, 1.165) is 23.6 Å². The molecule has 268 valence electrons. The van der Waals surface area contributed by atoms with E-state index in [2.05, 4.69) is 19.9 Å². The molecule has 0 bridgehead atoms. The molecule has 1 aliphatic rings. The van der Waals surface area contributed by atoms with E-state index in [1.807, 2.05) is 0 Å². The predicted octanol–water partition coefficient (Wildman–Crippen LogP) is 5.83. The van der Waals surface area contributed by atoms with Crippen molar-refractivity contribution in [3.05, 3.63) is 85.9 Å². The standard InChI is InChI=1S/C34H33ClF2N6O7S/c1-18-10-20(21-11-27(35)40-14-25(21)48-5)22(13-38-18)31(46)41-33-43(17-49-28(44)8-9-29(45)50-34(2,3)4)24-15-42(16-26(24)51-33)32(47)23-7-6-19(12-39-23)30(36)37/h6-7,10-14,30H,8-9,15-17H2,1-5H3. The number of amides is 2. The highest BCUT2D eigenvalue weighted by Gasteiger charge is 2.31. The van der Waals surface area contributed by atoms with Gasteiger partial charge < -0.3 is 19.1 Å². The first-order valence-electron chi connectivity index (χ1n) is 15.5. The van der Waals surface area contributed by atoms with Gasteiger partial charge in [-0.2, -0.15) is 4.99 Å². The van der Waals surface area contributed by atoms with Crippen LogP contribution in [0.5, 0.6) is 5.75 Å². The fourth-order valence-electron chi connectivity index (χ4n) is 5.08. The first kappa shape index (κ1) is 37.2. The van der Waals surface area contributed by atoms with Crippen LogP contribution in [0.25, 0.3) is 11.1 Å². The lowest BCUT2D eigenvalue weighted by Gasteiger charge is -2.19. The van der Waals surface area contributed by atoms with Crippen LogP contribution in [0.2, 0.25) is 5.15 Å². The van der Waals surface area contributed by atoms with Gasteiger partial charge in [-0.15, -0.1) is 0 Å². The molecule has 0 N–H and O–H groups in total. The monoisotopic (exact) mass is 742 g/mol. The molecule has 0 fully saturated rings. The fraction of sp³-hybridized carbons (Fsp3) is 0.353. The molecule has 17 heteroatoms. The zero-order valence-corrected chi connectivity index (χ0v) is 29.8.